The lowest BCUT2D eigenvalue weighted by molar-refractivity contribution is 0.183. The Hall–Kier alpha value is -0.710. The maximum atomic E-state index is 9.42. The summed E-state index contributed by atoms with van der Waals surface area (Å²) in [6, 6.07) is 6.52. The van der Waals surface area contributed by atoms with E-state index < -0.39 is 6.10 Å². The first-order valence-electron chi connectivity index (χ1n) is 3.58. The van der Waals surface area contributed by atoms with E-state index in [1.807, 2.05) is 0 Å². The third-order valence-corrected chi connectivity index (χ3v) is 1.72. The van der Waals surface area contributed by atoms with Crippen LogP contribution in [-0.2, 0) is 0 Å². The standard InChI is InChI=1S/C8H11NO2S/c10-7-3-1-2-6(4-7)8(11)5-9-12/h1-4,8-12H,5H2. The summed E-state index contributed by atoms with van der Waals surface area (Å²) in [5.41, 5.74) is 0.677. The van der Waals surface area contributed by atoms with Gasteiger partial charge in [0.1, 0.15) is 5.75 Å². The smallest absolute Gasteiger partial charge is 0.115 e. The molecule has 0 amide bonds. The van der Waals surface area contributed by atoms with Gasteiger partial charge >= 0.3 is 0 Å². The van der Waals surface area contributed by atoms with Crippen molar-refractivity contribution >= 4 is 12.8 Å². The van der Waals surface area contributed by atoms with Crippen LogP contribution >= 0.6 is 12.8 Å². The van der Waals surface area contributed by atoms with Gasteiger partial charge in [0.2, 0.25) is 0 Å². The molecule has 0 heterocycles. The van der Waals surface area contributed by atoms with Crippen molar-refractivity contribution in [3.8, 4) is 5.75 Å². The average Bonchev–Trinajstić information content (AvgIpc) is 2.05. The highest BCUT2D eigenvalue weighted by molar-refractivity contribution is 7.78. The van der Waals surface area contributed by atoms with E-state index in [0.29, 0.717) is 12.1 Å². The molecule has 1 rings (SSSR count). The topological polar surface area (TPSA) is 52.5 Å². The first kappa shape index (κ1) is 9.38. The molecule has 0 saturated heterocycles. The molecule has 0 saturated carbocycles. The Balaban J connectivity index is 2.73. The molecule has 0 aliphatic heterocycles. The van der Waals surface area contributed by atoms with Crippen LogP contribution in [0.15, 0.2) is 24.3 Å². The fraction of sp³-hybridized carbons (Fsp3) is 0.250. The zero-order valence-corrected chi connectivity index (χ0v) is 7.33. The number of rotatable bonds is 3. The number of aliphatic hydroxyl groups is 1. The van der Waals surface area contributed by atoms with Gasteiger partial charge in [0.05, 0.1) is 6.10 Å². The van der Waals surface area contributed by atoms with Gasteiger partial charge in [-0.3, -0.25) is 4.72 Å². The van der Waals surface area contributed by atoms with Crippen LogP contribution in [0, 0.1) is 0 Å². The SMILES string of the molecule is Oc1cccc(C(O)CNS)c1. The van der Waals surface area contributed by atoms with Crippen LogP contribution in [0.4, 0.5) is 0 Å². The first-order valence-corrected chi connectivity index (χ1v) is 4.02. The number of hydrogen-bond donors (Lipinski definition) is 4. The third-order valence-electron chi connectivity index (χ3n) is 1.54. The summed E-state index contributed by atoms with van der Waals surface area (Å²) in [6.45, 7) is 0.354. The van der Waals surface area contributed by atoms with E-state index in [9.17, 15) is 5.11 Å². The molecule has 3 N–H and O–H groups in total. The number of benzene rings is 1. The molecule has 66 valence electrons. The number of phenolic OH excluding ortho intramolecular Hbond substituents is 1. The van der Waals surface area contributed by atoms with Crippen molar-refractivity contribution < 1.29 is 10.2 Å². The van der Waals surface area contributed by atoms with E-state index in [-0.39, 0.29) is 5.75 Å². The summed E-state index contributed by atoms with van der Waals surface area (Å²) in [5.74, 6) is 0.158. The van der Waals surface area contributed by atoms with Crippen molar-refractivity contribution in [2.75, 3.05) is 6.54 Å². The highest BCUT2D eigenvalue weighted by atomic mass is 32.1. The van der Waals surface area contributed by atoms with Crippen molar-refractivity contribution in [1.82, 2.24) is 4.72 Å². The Kier molecular flexibility index (Phi) is 3.40. The van der Waals surface area contributed by atoms with Crippen molar-refractivity contribution in [2.45, 2.75) is 6.10 Å². The number of thiol groups is 1. The second-order valence-corrected chi connectivity index (χ2v) is 2.79. The molecule has 0 aliphatic rings. The number of aromatic hydroxyl groups is 1. The quantitative estimate of drug-likeness (QED) is 0.528. The van der Waals surface area contributed by atoms with Crippen molar-refractivity contribution in [2.24, 2.45) is 0 Å². The highest BCUT2D eigenvalue weighted by Gasteiger charge is 2.05. The normalized spacial score (nSPS) is 12.8. The molecule has 1 aromatic carbocycles. The molecular formula is C8H11NO2S. The van der Waals surface area contributed by atoms with E-state index in [2.05, 4.69) is 17.5 Å². The Morgan fingerprint density at radius 1 is 1.50 bits per heavy atom. The lowest BCUT2D eigenvalue weighted by atomic mass is 10.1. The van der Waals surface area contributed by atoms with Gasteiger partial charge in [-0.1, -0.05) is 24.9 Å². The molecule has 0 radical (unpaired) electrons. The van der Waals surface area contributed by atoms with Gasteiger partial charge in [0.15, 0.2) is 0 Å². The maximum Gasteiger partial charge on any atom is 0.115 e. The van der Waals surface area contributed by atoms with Crippen molar-refractivity contribution in [3.05, 3.63) is 29.8 Å². The summed E-state index contributed by atoms with van der Waals surface area (Å²) < 4.78 is 2.55. The van der Waals surface area contributed by atoms with Gasteiger partial charge in [0.25, 0.3) is 0 Å². The Morgan fingerprint density at radius 2 is 2.25 bits per heavy atom. The minimum absolute atomic E-state index is 0.158. The number of phenols is 1. The van der Waals surface area contributed by atoms with Gasteiger partial charge in [-0.2, -0.15) is 0 Å². The summed E-state index contributed by atoms with van der Waals surface area (Å²) in [4.78, 5) is 0. The van der Waals surface area contributed by atoms with Gasteiger partial charge in [-0.05, 0) is 17.7 Å². The van der Waals surface area contributed by atoms with Crippen LogP contribution in [0.5, 0.6) is 5.75 Å². The zero-order valence-electron chi connectivity index (χ0n) is 6.44. The number of hydrogen-bond acceptors (Lipinski definition) is 4. The van der Waals surface area contributed by atoms with E-state index in [1.165, 1.54) is 6.07 Å². The van der Waals surface area contributed by atoms with E-state index in [1.54, 1.807) is 18.2 Å². The third kappa shape index (κ3) is 2.41. The molecule has 3 nitrogen and oxygen atoms in total. The highest BCUT2D eigenvalue weighted by Crippen LogP contribution is 2.17. The molecule has 4 heteroatoms. The predicted molar refractivity (Wildman–Crippen MR) is 50.1 cm³/mol. The fourth-order valence-corrected chi connectivity index (χ4v) is 1.11. The fourth-order valence-electron chi connectivity index (χ4n) is 0.936. The monoisotopic (exact) mass is 185 g/mol. The van der Waals surface area contributed by atoms with E-state index in [4.69, 9.17) is 5.11 Å². The average molecular weight is 185 g/mol. The largest absolute Gasteiger partial charge is 0.508 e. The minimum atomic E-state index is -0.630. The molecule has 1 aromatic rings. The minimum Gasteiger partial charge on any atom is -0.508 e. The second-order valence-electron chi connectivity index (χ2n) is 2.47. The Bertz CT molecular complexity index is 255. The van der Waals surface area contributed by atoms with Crippen molar-refractivity contribution in [3.63, 3.8) is 0 Å². The molecule has 0 aromatic heterocycles. The van der Waals surface area contributed by atoms with E-state index in [0.717, 1.165) is 0 Å². The van der Waals surface area contributed by atoms with Crippen LogP contribution < -0.4 is 4.72 Å². The molecule has 1 unspecified atom stereocenters. The molecule has 0 aliphatic carbocycles. The number of aliphatic hydroxyl groups excluding tert-OH is 1. The zero-order chi connectivity index (χ0) is 8.97. The number of nitrogens with one attached hydrogen (secondary N) is 1. The second kappa shape index (κ2) is 4.35. The molecule has 0 fully saturated rings. The molecule has 12 heavy (non-hydrogen) atoms. The van der Waals surface area contributed by atoms with Gasteiger partial charge < -0.3 is 10.2 Å². The Labute approximate surface area is 76.6 Å². The predicted octanol–water partition coefficient (Wildman–Crippen LogP) is 0.860. The molecule has 1 atom stereocenters. The lowest BCUT2D eigenvalue weighted by Crippen LogP contribution is -2.12. The van der Waals surface area contributed by atoms with Crippen LogP contribution in [0.3, 0.4) is 0 Å². The maximum absolute atomic E-state index is 9.42. The lowest BCUT2D eigenvalue weighted by Gasteiger charge is -2.09. The van der Waals surface area contributed by atoms with Crippen LogP contribution in [0.25, 0.3) is 0 Å². The van der Waals surface area contributed by atoms with Crippen molar-refractivity contribution in [1.29, 1.82) is 0 Å². The van der Waals surface area contributed by atoms with Crippen LogP contribution in [-0.4, -0.2) is 16.8 Å². The summed E-state index contributed by atoms with van der Waals surface area (Å²) in [6.07, 6.45) is -0.630. The van der Waals surface area contributed by atoms with Crippen LogP contribution in [0.2, 0.25) is 0 Å². The summed E-state index contributed by atoms with van der Waals surface area (Å²) in [5, 5.41) is 18.5. The van der Waals surface area contributed by atoms with Gasteiger partial charge in [0, 0.05) is 6.54 Å². The van der Waals surface area contributed by atoms with Crippen LogP contribution in [0.1, 0.15) is 11.7 Å². The van der Waals surface area contributed by atoms with Gasteiger partial charge in [-0.15, -0.1) is 0 Å². The molecule has 0 spiro atoms. The Morgan fingerprint density at radius 3 is 2.83 bits per heavy atom. The summed E-state index contributed by atoms with van der Waals surface area (Å²) >= 11 is 3.76. The van der Waals surface area contributed by atoms with E-state index >= 15 is 0 Å². The van der Waals surface area contributed by atoms with Gasteiger partial charge in [-0.25, -0.2) is 0 Å². The first-order chi connectivity index (χ1) is 5.74. The summed E-state index contributed by atoms with van der Waals surface area (Å²) in [7, 11) is 0. The molecular weight excluding hydrogens is 174 g/mol. The molecule has 0 bridgehead atoms.